The van der Waals surface area contributed by atoms with Crippen LogP contribution in [-0.2, 0) is 11.3 Å². The van der Waals surface area contributed by atoms with Gasteiger partial charge in [-0.1, -0.05) is 0 Å². The SMILES string of the molecule is CC(C)n1cnc([C@H]2CN(C(=O)c3ccoc3)C[C@]23CCN(Cc2ccncc2)C3=O)c1. The summed E-state index contributed by atoms with van der Waals surface area (Å²) in [6.45, 7) is 6.27. The Kier molecular flexibility index (Phi) is 5.07. The molecular weight excluding hydrogens is 406 g/mol. The minimum atomic E-state index is -0.664. The van der Waals surface area contributed by atoms with E-state index in [4.69, 9.17) is 4.42 Å². The van der Waals surface area contributed by atoms with Crippen molar-refractivity contribution in [2.75, 3.05) is 19.6 Å². The lowest BCUT2D eigenvalue weighted by Crippen LogP contribution is -2.40. The first kappa shape index (κ1) is 20.5. The Bertz CT molecular complexity index is 1110. The van der Waals surface area contributed by atoms with Gasteiger partial charge >= 0.3 is 0 Å². The van der Waals surface area contributed by atoms with E-state index in [0.29, 0.717) is 38.2 Å². The predicted octanol–water partition coefficient (Wildman–Crippen LogP) is 3.11. The van der Waals surface area contributed by atoms with Crippen LogP contribution in [0.1, 0.15) is 53.8 Å². The fraction of sp³-hybridized carbons (Fsp3) is 0.417. The molecule has 2 saturated heterocycles. The minimum Gasteiger partial charge on any atom is -0.472 e. The van der Waals surface area contributed by atoms with Gasteiger partial charge in [0, 0.05) is 56.7 Å². The van der Waals surface area contributed by atoms with Crippen molar-refractivity contribution in [3.8, 4) is 0 Å². The highest BCUT2D eigenvalue weighted by atomic mass is 16.3. The molecule has 2 fully saturated rings. The molecule has 0 radical (unpaired) electrons. The van der Waals surface area contributed by atoms with Gasteiger partial charge in [0.2, 0.25) is 5.91 Å². The van der Waals surface area contributed by atoms with Gasteiger partial charge in [0.25, 0.3) is 5.91 Å². The van der Waals surface area contributed by atoms with Gasteiger partial charge in [-0.25, -0.2) is 4.98 Å². The largest absolute Gasteiger partial charge is 0.472 e. The van der Waals surface area contributed by atoms with E-state index in [0.717, 1.165) is 11.3 Å². The van der Waals surface area contributed by atoms with E-state index >= 15 is 0 Å². The topological polar surface area (TPSA) is 84.5 Å². The van der Waals surface area contributed by atoms with Crippen LogP contribution in [0.15, 0.2) is 60.1 Å². The van der Waals surface area contributed by atoms with Gasteiger partial charge in [0.15, 0.2) is 0 Å². The molecule has 5 heterocycles. The monoisotopic (exact) mass is 433 g/mol. The summed E-state index contributed by atoms with van der Waals surface area (Å²) in [5.41, 5.74) is 1.77. The standard InChI is InChI=1S/C24H27N5O3/c1-17(2)29-13-21(26-16-29)20-12-28(22(30)19-5-10-32-14-19)15-24(20)6-9-27(23(24)31)11-18-3-7-25-8-4-18/h3-5,7-8,10,13-14,16-17,20H,6,9,11-12,15H2,1-2H3/t20-,24-/m1/s1. The molecule has 0 unspecified atom stereocenters. The molecule has 2 atom stereocenters. The Labute approximate surface area is 186 Å². The number of pyridine rings is 1. The molecule has 2 amide bonds. The van der Waals surface area contributed by atoms with Crippen LogP contribution >= 0.6 is 0 Å². The summed E-state index contributed by atoms with van der Waals surface area (Å²) in [5.74, 6) is -0.154. The van der Waals surface area contributed by atoms with Crippen molar-refractivity contribution in [1.29, 1.82) is 0 Å². The molecule has 5 rings (SSSR count). The Hall–Kier alpha value is -3.42. The van der Waals surface area contributed by atoms with Crippen molar-refractivity contribution in [3.63, 3.8) is 0 Å². The first-order valence-corrected chi connectivity index (χ1v) is 11.0. The van der Waals surface area contributed by atoms with Crippen LogP contribution < -0.4 is 0 Å². The summed E-state index contributed by atoms with van der Waals surface area (Å²) in [6.07, 6.45) is 11.0. The quantitative estimate of drug-likeness (QED) is 0.617. The van der Waals surface area contributed by atoms with Crippen LogP contribution in [0.25, 0.3) is 0 Å². The van der Waals surface area contributed by atoms with Gasteiger partial charge < -0.3 is 18.8 Å². The van der Waals surface area contributed by atoms with E-state index < -0.39 is 5.41 Å². The fourth-order valence-electron chi connectivity index (χ4n) is 5.01. The third kappa shape index (κ3) is 3.39. The molecule has 0 saturated carbocycles. The van der Waals surface area contributed by atoms with E-state index in [2.05, 4.69) is 28.4 Å². The number of imidazole rings is 1. The Morgan fingerprint density at radius 1 is 1.28 bits per heavy atom. The second-order valence-corrected chi connectivity index (χ2v) is 9.08. The summed E-state index contributed by atoms with van der Waals surface area (Å²) in [4.78, 5) is 39.4. The molecule has 2 aliphatic heterocycles. The Morgan fingerprint density at radius 2 is 2.09 bits per heavy atom. The summed E-state index contributed by atoms with van der Waals surface area (Å²) in [6, 6.07) is 5.81. The van der Waals surface area contributed by atoms with Gasteiger partial charge in [-0.3, -0.25) is 14.6 Å². The summed E-state index contributed by atoms with van der Waals surface area (Å²) >= 11 is 0. The van der Waals surface area contributed by atoms with Gasteiger partial charge in [-0.2, -0.15) is 0 Å². The summed E-state index contributed by atoms with van der Waals surface area (Å²) in [7, 11) is 0. The van der Waals surface area contributed by atoms with E-state index in [1.807, 2.05) is 29.6 Å². The molecule has 0 bridgehead atoms. The van der Waals surface area contributed by atoms with Crippen LogP contribution in [0.4, 0.5) is 0 Å². The fourth-order valence-corrected chi connectivity index (χ4v) is 5.01. The average Bonchev–Trinajstić information content (AvgIpc) is 3.58. The number of amides is 2. The van der Waals surface area contributed by atoms with Crippen molar-refractivity contribution < 1.29 is 14.0 Å². The lowest BCUT2D eigenvalue weighted by atomic mass is 9.75. The van der Waals surface area contributed by atoms with Crippen molar-refractivity contribution in [3.05, 3.63) is 72.5 Å². The van der Waals surface area contributed by atoms with Crippen molar-refractivity contribution >= 4 is 11.8 Å². The second-order valence-electron chi connectivity index (χ2n) is 9.08. The zero-order valence-electron chi connectivity index (χ0n) is 18.3. The van der Waals surface area contributed by atoms with E-state index in [-0.39, 0.29) is 23.8 Å². The smallest absolute Gasteiger partial charge is 0.257 e. The van der Waals surface area contributed by atoms with Crippen LogP contribution in [-0.4, -0.2) is 55.8 Å². The first-order valence-electron chi connectivity index (χ1n) is 11.0. The number of nitrogens with zero attached hydrogens (tertiary/aromatic N) is 5. The van der Waals surface area contributed by atoms with Crippen LogP contribution in [0.5, 0.6) is 0 Å². The van der Waals surface area contributed by atoms with Gasteiger partial charge in [-0.05, 0) is 44.0 Å². The molecule has 0 aromatic carbocycles. The van der Waals surface area contributed by atoms with Crippen molar-refractivity contribution in [1.82, 2.24) is 24.3 Å². The maximum atomic E-state index is 13.8. The highest BCUT2D eigenvalue weighted by Gasteiger charge is 2.58. The zero-order valence-corrected chi connectivity index (χ0v) is 18.3. The maximum Gasteiger partial charge on any atom is 0.257 e. The molecule has 3 aromatic heterocycles. The summed E-state index contributed by atoms with van der Waals surface area (Å²) < 4.78 is 7.17. The molecule has 3 aromatic rings. The lowest BCUT2D eigenvalue weighted by Gasteiger charge is -2.27. The Morgan fingerprint density at radius 3 is 2.78 bits per heavy atom. The molecule has 166 valence electrons. The van der Waals surface area contributed by atoms with Crippen LogP contribution in [0.3, 0.4) is 0 Å². The van der Waals surface area contributed by atoms with Crippen molar-refractivity contribution in [2.45, 2.75) is 38.8 Å². The normalized spacial score (nSPS) is 23.1. The number of hydrogen-bond acceptors (Lipinski definition) is 5. The average molecular weight is 434 g/mol. The molecule has 32 heavy (non-hydrogen) atoms. The molecular formula is C24H27N5O3. The highest BCUT2D eigenvalue weighted by molar-refractivity contribution is 5.95. The third-order valence-electron chi connectivity index (χ3n) is 6.84. The molecule has 2 aliphatic rings. The third-order valence-corrected chi connectivity index (χ3v) is 6.84. The van der Waals surface area contributed by atoms with Gasteiger partial charge in [0.05, 0.1) is 29.3 Å². The number of carbonyl (C=O) groups is 2. The lowest BCUT2D eigenvalue weighted by molar-refractivity contribution is -0.136. The van der Waals surface area contributed by atoms with Gasteiger partial charge in [-0.15, -0.1) is 0 Å². The molecule has 0 aliphatic carbocycles. The number of carbonyl (C=O) groups excluding carboxylic acids is 2. The second kappa shape index (κ2) is 7.93. The number of furan rings is 1. The Balaban J connectivity index is 1.47. The molecule has 0 N–H and O–H groups in total. The molecule has 1 spiro atoms. The number of rotatable bonds is 5. The van der Waals surface area contributed by atoms with Crippen molar-refractivity contribution in [2.24, 2.45) is 5.41 Å². The van der Waals surface area contributed by atoms with Gasteiger partial charge in [0.1, 0.15) is 6.26 Å². The van der Waals surface area contributed by atoms with E-state index in [1.54, 1.807) is 23.4 Å². The maximum absolute atomic E-state index is 13.8. The first-order chi connectivity index (χ1) is 15.5. The van der Waals surface area contributed by atoms with Crippen LogP contribution in [0, 0.1) is 5.41 Å². The predicted molar refractivity (Wildman–Crippen MR) is 117 cm³/mol. The summed E-state index contributed by atoms with van der Waals surface area (Å²) in [5, 5.41) is 0. The highest BCUT2D eigenvalue weighted by Crippen LogP contribution is 2.50. The minimum absolute atomic E-state index is 0.0981. The zero-order chi connectivity index (χ0) is 22.3. The molecule has 8 heteroatoms. The number of aromatic nitrogens is 3. The van der Waals surface area contributed by atoms with Crippen LogP contribution in [0.2, 0.25) is 0 Å². The van der Waals surface area contributed by atoms with E-state index in [1.165, 1.54) is 12.5 Å². The van der Waals surface area contributed by atoms with E-state index in [9.17, 15) is 9.59 Å². The number of likely N-dealkylation sites (tertiary alicyclic amines) is 2. The molecule has 8 nitrogen and oxygen atoms in total. The number of hydrogen-bond donors (Lipinski definition) is 0.